The predicted octanol–water partition coefficient (Wildman–Crippen LogP) is 3.43. The molecule has 0 saturated carbocycles. The van der Waals surface area contributed by atoms with Crippen molar-refractivity contribution in [2.24, 2.45) is 0 Å². The maximum absolute atomic E-state index is 12.9. The molecule has 1 N–H and O–H groups in total. The highest BCUT2D eigenvalue weighted by atomic mass is 32.2. The van der Waals surface area contributed by atoms with Crippen LogP contribution in [0.2, 0.25) is 0 Å². The number of nitrogens with zero attached hydrogens (tertiary/aromatic N) is 2. The van der Waals surface area contributed by atoms with Gasteiger partial charge in [0.2, 0.25) is 10.0 Å². The minimum absolute atomic E-state index is 0.0314. The summed E-state index contributed by atoms with van der Waals surface area (Å²) in [6.45, 7) is 7.35. The second kappa shape index (κ2) is 10.9. The lowest BCUT2D eigenvalue weighted by molar-refractivity contribution is -0.384. The lowest BCUT2D eigenvalue weighted by Crippen LogP contribution is -2.30. The molecule has 0 saturated heterocycles. The first-order valence-corrected chi connectivity index (χ1v) is 11.5. The first-order valence-electron chi connectivity index (χ1n) is 10.1. The standard InChI is InChI=1S/C21H27N3O7S/c1-5-23(6-2)32(28,29)18-11-12-20(31-15(3)4)19(13-18)22-21(25)14-30-17-9-7-16(8-10-17)24(26)27/h7-13,15H,5-6,14H2,1-4H3,(H,22,25). The van der Waals surface area contributed by atoms with E-state index in [1.54, 1.807) is 13.8 Å². The fraction of sp³-hybridized carbons (Fsp3) is 0.381. The van der Waals surface area contributed by atoms with Crippen LogP contribution in [0.5, 0.6) is 11.5 Å². The fourth-order valence-electron chi connectivity index (χ4n) is 2.84. The number of sulfonamides is 1. The molecule has 2 rings (SSSR count). The highest BCUT2D eigenvalue weighted by Gasteiger charge is 2.23. The van der Waals surface area contributed by atoms with Crippen LogP contribution in [0.25, 0.3) is 0 Å². The number of anilines is 1. The van der Waals surface area contributed by atoms with Crippen molar-refractivity contribution in [1.82, 2.24) is 4.31 Å². The molecule has 11 heteroatoms. The van der Waals surface area contributed by atoms with Gasteiger partial charge in [0.15, 0.2) is 6.61 Å². The van der Waals surface area contributed by atoms with Crippen molar-refractivity contribution >= 4 is 27.3 Å². The fourth-order valence-corrected chi connectivity index (χ4v) is 4.32. The molecule has 0 fully saturated rings. The Balaban J connectivity index is 2.21. The van der Waals surface area contributed by atoms with Gasteiger partial charge in [-0.25, -0.2) is 8.42 Å². The third-order valence-corrected chi connectivity index (χ3v) is 6.39. The van der Waals surface area contributed by atoms with Crippen LogP contribution in [-0.2, 0) is 14.8 Å². The van der Waals surface area contributed by atoms with Crippen molar-refractivity contribution in [3.63, 3.8) is 0 Å². The molecule has 0 unspecified atom stereocenters. The topological polar surface area (TPSA) is 128 Å². The Kier molecular flexibility index (Phi) is 8.56. The monoisotopic (exact) mass is 465 g/mol. The number of nitro groups is 1. The summed E-state index contributed by atoms with van der Waals surface area (Å²) in [6, 6.07) is 9.60. The molecule has 2 aromatic carbocycles. The number of ether oxygens (including phenoxy) is 2. The van der Waals surface area contributed by atoms with Crippen molar-refractivity contribution < 1.29 is 27.6 Å². The summed E-state index contributed by atoms with van der Waals surface area (Å²) in [4.78, 5) is 22.7. The zero-order valence-electron chi connectivity index (χ0n) is 18.4. The van der Waals surface area contributed by atoms with Crippen LogP contribution in [0.4, 0.5) is 11.4 Å². The number of non-ortho nitro benzene ring substituents is 1. The van der Waals surface area contributed by atoms with E-state index in [-0.39, 0.29) is 34.7 Å². The Hall–Kier alpha value is -3.18. The Morgan fingerprint density at radius 1 is 1.12 bits per heavy atom. The van der Waals surface area contributed by atoms with Crippen LogP contribution in [0.3, 0.4) is 0 Å². The van der Waals surface area contributed by atoms with Gasteiger partial charge in [-0.05, 0) is 44.2 Å². The SMILES string of the molecule is CCN(CC)S(=O)(=O)c1ccc(OC(C)C)c(NC(=O)COc2ccc([N+](=O)[O-])cc2)c1. The van der Waals surface area contributed by atoms with Crippen LogP contribution in [0.15, 0.2) is 47.4 Å². The van der Waals surface area contributed by atoms with E-state index in [1.165, 1.54) is 46.8 Å². The lowest BCUT2D eigenvalue weighted by Gasteiger charge is -2.20. The predicted molar refractivity (Wildman–Crippen MR) is 120 cm³/mol. The van der Waals surface area contributed by atoms with Crippen LogP contribution in [-0.4, -0.2) is 49.4 Å². The Morgan fingerprint density at radius 2 is 1.75 bits per heavy atom. The normalized spacial score (nSPS) is 11.4. The molecule has 0 spiro atoms. The van der Waals surface area contributed by atoms with Gasteiger partial charge in [-0.2, -0.15) is 4.31 Å². The molecule has 0 aliphatic carbocycles. The van der Waals surface area contributed by atoms with Gasteiger partial charge in [-0.3, -0.25) is 14.9 Å². The lowest BCUT2D eigenvalue weighted by atomic mass is 10.2. The minimum Gasteiger partial charge on any atom is -0.489 e. The van der Waals surface area contributed by atoms with Crippen LogP contribution >= 0.6 is 0 Å². The number of carbonyl (C=O) groups is 1. The van der Waals surface area contributed by atoms with Crippen LogP contribution in [0.1, 0.15) is 27.7 Å². The largest absolute Gasteiger partial charge is 0.489 e. The molecule has 0 aliphatic rings. The van der Waals surface area contributed by atoms with Gasteiger partial charge in [0.05, 0.1) is 21.6 Å². The van der Waals surface area contributed by atoms with E-state index in [0.29, 0.717) is 18.8 Å². The van der Waals surface area contributed by atoms with E-state index in [4.69, 9.17) is 9.47 Å². The second-order valence-corrected chi connectivity index (χ2v) is 8.94. The van der Waals surface area contributed by atoms with Gasteiger partial charge >= 0.3 is 0 Å². The summed E-state index contributed by atoms with van der Waals surface area (Å²) in [5, 5.41) is 13.3. The Labute approximate surface area is 187 Å². The molecular formula is C21H27N3O7S. The van der Waals surface area contributed by atoms with Crippen molar-refractivity contribution in [1.29, 1.82) is 0 Å². The highest BCUT2D eigenvalue weighted by Crippen LogP contribution is 2.30. The van der Waals surface area contributed by atoms with Gasteiger partial charge < -0.3 is 14.8 Å². The third-order valence-electron chi connectivity index (χ3n) is 4.35. The van der Waals surface area contributed by atoms with Gasteiger partial charge in [0.25, 0.3) is 11.6 Å². The van der Waals surface area contributed by atoms with E-state index in [2.05, 4.69) is 5.32 Å². The number of amides is 1. The summed E-state index contributed by atoms with van der Waals surface area (Å²) < 4.78 is 38.1. The van der Waals surface area contributed by atoms with E-state index >= 15 is 0 Å². The number of hydrogen-bond acceptors (Lipinski definition) is 7. The average molecular weight is 466 g/mol. The van der Waals surface area contributed by atoms with Crippen LogP contribution < -0.4 is 14.8 Å². The second-order valence-electron chi connectivity index (χ2n) is 7.00. The zero-order valence-corrected chi connectivity index (χ0v) is 19.2. The molecule has 0 atom stereocenters. The number of nitro benzene ring substituents is 1. The van der Waals surface area contributed by atoms with Gasteiger partial charge in [0, 0.05) is 25.2 Å². The molecule has 0 aliphatic heterocycles. The average Bonchev–Trinajstić information content (AvgIpc) is 2.74. The number of benzene rings is 2. The molecule has 1 amide bonds. The van der Waals surface area contributed by atoms with E-state index < -0.39 is 20.9 Å². The molecule has 0 aromatic heterocycles. The van der Waals surface area contributed by atoms with E-state index in [9.17, 15) is 23.3 Å². The minimum atomic E-state index is -3.73. The zero-order chi connectivity index (χ0) is 23.9. The third kappa shape index (κ3) is 6.41. The number of rotatable bonds is 11. The van der Waals surface area contributed by atoms with Gasteiger partial charge in [-0.15, -0.1) is 0 Å². The Bertz CT molecular complexity index is 1050. The number of nitrogens with one attached hydrogen (secondary N) is 1. The summed E-state index contributed by atoms with van der Waals surface area (Å²) in [6.07, 6.45) is -0.202. The molecular weight excluding hydrogens is 438 g/mol. The number of carbonyl (C=O) groups excluding carboxylic acids is 1. The summed E-state index contributed by atoms with van der Waals surface area (Å²) in [7, 11) is -3.73. The highest BCUT2D eigenvalue weighted by molar-refractivity contribution is 7.89. The summed E-state index contributed by atoms with van der Waals surface area (Å²) >= 11 is 0. The number of hydrogen-bond donors (Lipinski definition) is 1. The maximum Gasteiger partial charge on any atom is 0.269 e. The summed E-state index contributed by atoms with van der Waals surface area (Å²) in [5.41, 5.74) is 0.104. The van der Waals surface area contributed by atoms with Gasteiger partial charge in [0.1, 0.15) is 11.5 Å². The van der Waals surface area contributed by atoms with Crippen molar-refractivity contribution in [2.75, 3.05) is 25.0 Å². The molecule has 32 heavy (non-hydrogen) atoms. The molecule has 10 nitrogen and oxygen atoms in total. The Morgan fingerprint density at radius 3 is 2.28 bits per heavy atom. The van der Waals surface area contributed by atoms with E-state index in [1.807, 2.05) is 13.8 Å². The molecule has 174 valence electrons. The quantitative estimate of drug-likeness (QED) is 0.398. The van der Waals surface area contributed by atoms with Crippen molar-refractivity contribution in [3.05, 3.63) is 52.6 Å². The van der Waals surface area contributed by atoms with E-state index in [0.717, 1.165) is 0 Å². The molecule has 0 bridgehead atoms. The van der Waals surface area contributed by atoms with Crippen LogP contribution in [0, 0.1) is 10.1 Å². The molecule has 0 radical (unpaired) electrons. The van der Waals surface area contributed by atoms with Crippen molar-refractivity contribution in [3.8, 4) is 11.5 Å². The first-order chi connectivity index (χ1) is 15.1. The smallest absolute Gasteiger partial charge is 0.269 e. The van der Waals surface area contributed by atoms with Gasteiger partial charge in [-0.1, -0.05) is 13.8 Å². The molecule has 0 heterocycles. The van der Waals surface area contributed by atoms with Crippen molar-refractivity contribution in [2.45, 2.75) is 38.7 Å². The maximum atomic E-state index is 12.9. The first kappa shape index (κ1) is 25.1. The summed E-state index contributed by atoms with van der Waals surface area (Å²) in [5.74, 6) is 0.0544. The molecule has 2 aromatic rings.